The van der Waals surface area contributed by atoms with E-state index in [0.29, 0.717) is 13.0 Å². The second-order valence-electron chi connectivity index (χ2n) is 6.04. The molecule has 8 heteroatoms. The minimum atomic E-state index is -2.93. The van der Waals surface area contributed by atoms with Crippen molar-refractivity contribution >= 4 is 26.6 Å². The summed E-state index contributed by atoms with van der Waals surface area (Å²) >= 11 is 0. The van der Waals surface area contributed by atoms with E-state index >= 15 is 0 Å². The highest BCUT2D eigenvalue weighted by molar-refractivity contribution is 7.90. The number of aliphatic imine (C=N–C) groups is 1. The maximum Gasteiger partial charge on any atom is 0.191 e. The lowest BCUT2D eigenvalue weighted by Gasteiger charge is -2.30. The molecule has 23 heavy (non-hydrogen) atoms. The van der Waals surface area contributed by atoms with Gasteiger partial charge < -0.3 is 10.6 Å². The Hall–Kier alpha value is -0.630. The van der Waals surface area contributed by atoms with Gasteiger partial charge in [-0.15, -0.1) is 0 Å². The van der Waals surface area contributed by atoms with Crippen molar-refractivity contribution in [2.45, 2.75) is 57.2 Å². The van der Waals surface area contributed by atoms with Crippen LogP contribution in [0.25, 0.3) is 0 Å². The van der Waals surface area contributed by atoms with Gasteiger partial charge in [0.05, 0.1) is 5.75 Å². The van der Waals surface area contributed by atoms with Crippen LogP contribution in [0.15, 0.2) is 4.99 Å². The fourth-order valence-corrected chi connectivity index (χ4v) is 4.78. The first-order chi connectivity index (χ1) is 10.9. The van der Waals surface area contributed by atoms with Crippen molar-refractivity contribution in [2.24, 2.45) is 4.99 Å². The summed E-state index contributed by atoms with van der Waals surface area (Å²) in [7, 11) is -3.66. The Morgan fingerprint density at radius 1 is 1.30 bits per heavy atom. The molecule has 0 aromatic carbocycles. The van der Waals surface area contributed by atoms with Gasteiger partial charge in [0.1, 0.15) is 9.84 Å². The van der Waals surface area contributed by atoms with Crippen molar-refractivity contribution in [3.05, 3.63) is 0 Å². The lowest BCUT2D eigenvalue weighted by molar-refractivity contribution is 0.413. The maximum absolute atomic E-state index is 12.0. The fraction of sp³-hybridized carbons (Fsp3) is 0.933. The first kappa shape index (κ1) is 20.4. The molecule has 0 spiro atoms. The molecule has 1 saturated carbocycles. The predicted molar refractivity (Wildman–Crippen MR) is 98.2 cm³/mol. The average Bonchev–Trinajstić information content (AvgIpc) is 2.50. The third kappa shape index (κ3) is 8.69. The van der Waals surface area contributed by atoms with Crippen LogP contribution in [0, 0.1) is 0 Å². The lowest BCUT2D eigenvalue weighted by Crippen LogP contribution is -2.46. The van der Waals surface area contributed by atoms with E-state index in [-0.39, 0.29) is 17.0 Å². The van der Waals surface area contributed by atoms with Gasteiger partial charge in [0.15, 0.2) is 5.96 Å². The number of rotatable bonds is 8. The van der Waals surface area contributed by atoms with Crippen LogP contribution >= 0.6 is 0 Å². The van der Waals surface area contributed by atoms with E-state index in [9.17, 15) is 12.6 Å². The summed E-state index contributed by atoms with van der Waals surface area (Å²) < 4.78 is 34.3. The van der Waals surface area contributed by atoms with Crippen LogP contribution in [0.2, 0.25) is 0 Å². The number of hydrogen-bond donors (Lipinski definition) is 2. The molecular formula is C15H31N3O3S2. The molecule has 0 aromatic heterocycles. The summed E-state index contributed by atoms with van der Waals surface area (Å²) in [5, 5.41) is 6.89. The van der Waals surface area contributed by atoms with E-state index in [1.54, 1.807) is 0 Å². The molecule has 0 amide bonds. The molecule has 6 nitrogen and oxygen atoms in total. The third-order valence-electron chi connectivity index (χ3n) is 3.91. The zero-order valence-electron chi connectivity index (χ0n) is 14.5. The van der Waals surface area contributed by atoms with Gasteiger partial charge in [-0.05, 0) is 32.6 Å². The minimum Gasteiger partial charge on any atom is -0.357 e. The second-order valence-corrected chi connectivity index (χ2v) is 10.3. The zero-order chi connectivity index (χ0) is 17.3. The van der Waals surface area contributed by atoms with Gasteiger partial charge in [-0.1, -0.05) is 13.3 Å². The number of nitrogens with one attached hydrogen (secondary N) is 2. The highest BCUT2D eigenvalue weighted by Gasteiger charge is 2.25. The van der Waals surface area contributed by atoms with Gasteiger partial charge >= 0.3 is 0 Å². The Bertz CT molecular complexity index is 506. The Balaban J connectivity index is 2.52. The summed E-state index contributed by atoms with van der Waals surface area (Å²) in [6, 6.07) is 0.289. The summed E-state index contributed by atoms with van der Waals surface area (Å²) in [5.74, 6) is 1.61. The summed E-state index contributed by atoms with van der Waals surface area (Å²) in [6.07, 6.45) is 5.88. The zero-order valence-corrected chi connectivity index (χ0v) is 16.1. The first-order valence-electron chi connectivity index (χ1n) is 8.45. The monoisotopic (exact) mass is 365 g/mol. The molecule has 0 heterocycles. The number of guanidine groups is 1. The van der Waals surface area contributed by atoms with Gasteiger partial charge in [0.2, 0.25) is 0 Å². The first-order valence-corrected chi connectivity index (χ1v) is 11.9. The maximum atomic E-state index is 12.0. The van der Waals surface area contributed by atoms with E-state index in [1.807, 2.05) is 13.8 Å². The normalized spacial score (nSPS) is 24.2. The van der Waals surface area contributed by atoms with E-state index in [0.717, 1.165) is 43.9 Å². The molecule has 0 bridgehead atoms. The second kappa shape index (κ2) is 10.3. The van der Waals surface area contributed by atoms with Gasteiger partial charge in [-0.3, -0.25) is 9.20 Å². The van der Waals surface area contributed by atoms with Crippen molar-refractivity contribution in [3.63, 3.8) is 0 Å². The van der Waals surface area contributed by atoms with E-state index < -0.39 is 20.6 Å². The van der Waals surface area contributed by atoms with Crippen LogP contribution in [0.5, 0.6) is 0 Å². The van der Waals surface area contributed by atoms with Crippen LogP contribution in [0.4, 0.5) is 0 Å². The molecule has 136 valence electrons. The SMILES string of the molecule is CCNC(=NCCCS(C)(=O)=O)NC1CCCC(S(=O)CC)C1. The van der Waals surface area contributed by atoms with Gasteiger partial charge in [-0.2, -0.15) is 0 Å². The molecular weight excluding hydrogens is 334 g/mol. The molecule has 3 atom stereocenters. The molecule has 1 aliphatic rings. The standard InChI is InChI=1S/C15H31N3O3S2/c1-4-16-15(17-10-7-11-23(3,20)21)18-13-8-6-9-14(12-13)22(19)5-2/h13-14H,4-12H2,1-3H3,(H2,16,17,18). The van der Waals surface area contributed by atoms with Crippen molar-refractivity contribution in [3.8, 4) is 0 Å². The van der Waals surface area contributed by atoms with Crippen molar-refractivity contribution < 1.29 is 12.6 Å². The topological polar surface area (TPSA) is 87.6 Å². The van der Waals surface area contributed by atoms with Crippen molar-refractivity contribution in [2.75, 3.05) is 30.9 Å². The summed E-state index contributed by atoms with van der Waals surface area (Å²) in [5.41, 5.74) is 0. The quantitative estimate of drug-likeness (QED) is 0.381. The number of hydrogen-bond acceptors (Lipinski definition) is 4. The van der Waals surface area contributed by atoms with Gasteiger partial charge in [-0.25, -0.2) is 8.42 Å². The van der Waals surface area contributed by atoms with Crippen LogP contribution in [-0.2, 0) is 20.6 Å². The Kier molecular flexibility index (Phi) is 9.12. The van der Waals surface area contributed by atoms with Gasteiger partial charge in [0.25, 0.3) is 0 Å². The number of nitrogens with zero attached hydrogens (tertiary/aromatic N) is 1. The molecule has 0 saturated heterocycles. The van der Waals surface area contributed by atoms with E-state index in [4.69, 9.17) is 0 Å². The molecule has 0 radical (unpaired) electrons. The van der Waals surface area contributed by atoms with Crippen LogP contribution in [0.3, 0.4) is 0 Å². The van der Waals surface area contributed by atoms with Gasteiger partial charge in [0, 0.05) is 47.2 Å². The molecule has 1 aliphatic carbocycles. The lowest BCUT2D eigenvalue weighted by atomic mass is 9.95. The summed E-state index contributed by atoms with van der Waals surface area (Å²) in [4.78, 5) is 4.45. The van der Waals surface area contributed by atoms with Crippen LogP contribution in [-0.4, -0.2) is 60.7 Å². The minimum absolute atomic E-state index is 0.164. The van der Waals surface area contributed by atoms with E-state index in [1.165, 1.54) is 6.26 Å². The van der Waals surface area contributed by atoms with E-state index in [2.05, 4.69) is 15.6 Å². The summed E-state index contributed by atoms with van der Waals surface area (Å²) in [6.45, 7) is 5.22. The van der Waals surface area contributed by atoms with Crippen molar-refractivity contribution in [1.29, 1.82) is 0 Å². The third-order valence-corrected chi connectivity index (χ3v) is 6.68. The molecule has 1 rings (SSSR count). The molecule has 0 aliphatic heterocycles. The van der Waals surface area contributed by atoms with Crippen LogP contribution in [0.1, 0.15) is 46.0 Å². The average molecular weight is 366 g/mol. The Labute approximate surface area is 143 Å². The molecule has 2 N–H and O–H groups in total. The smallest absolute Gasteiger partial charge is 0.191 e. The van der Waals surface area contributed by atoms with Crippen molar-refractivity contribution in [1.82, 2.24) is 10.6 Å². The highest BCUT2D eigenvalue weighted by atomic mass is 32.2. The molecule has 3 unspecified atom stereocenters. The number of sulfone groups is 1. The molecule has 1 fully saturated rings. The van der Waals surface area contributed by atoms with Crippen LogP contribution < -0.4 is 10.6 Å². The fourth-order valence-electron chi connectivity index (χ4n) is 2.78. The Morgan fingerprint density at radius 2 is 2.04 bits per heavy atom. The predicted octanol–water partition coefficient (Wildman–Crippen LogP) is 1.06. The highest BCUT2D eigenvalue weighted by Crippen LogP contribution is 2.22. The largest absolute Gasteiger partial charge is 0.357 e. The Morgan fingerprint density at radius 3 is 2.65 bits per heavy atom. The molecule has 0 aromatic rings.